The molecule has 0 spiro atoms. The molecule has 1 amide bonds. The molecule has 0 saturated carbocycles. The number of thiophene rings is 1. The van der Waals surface area contributed by atoms with Gasteiger partial charge in [0.05, 0.1) is 8.66 Å². The van der Waals surface area contributed by atoms with Gasteiger partial charge in [-0.25, -0.2) is 0 Å². The summed E-state index contributed by atoms with van der Waals surface area (Å²) in [5.41, 5.74) is 1.12. The molecule has 1 atom stereocenters. The van der Waals surface area contributed by atoms with E-state index in [-0.39, 0.29) is 11.9 Å². The number of aryl methyl sites for hydroxylation is 1. The summed E-state index contributed by atoms with van der Waals surface area (Å²) in [4.78, 5) is 15.3. The molecule has 0 aromatic carbocycles. The third-order valence-corrected chi connectivity index (χ3v) is 5.60. The number of hydrogen-bond donors (Lipinski definition) is 1. The maximum atomic E-state index is 12.1. The van der Waals surface area contributed by atoms with E-state index in [0.29, 0.717) is 0 Å². The molecule has 0 saturated heterocycles. The molecule has 1 heterocycles. The number of rotatable bonds is 8. The van der Waals surface area contributed by atoms with Crippen LogP contribution in [0.3, 0.4) is 0 Å². The minimum atomic E-state index is 0.0409. The summed E-state index contributed by atoms with van der Waals surface area (Å²) >= 11 is 4.95. The van der Waals surface area contributed by atoms with E-state index in [1.807, 2.05) is 13.0 Å². The van der Waals surface area contributed by atoms with Crippen molar-refractivity contribution in [3.05, 3.63) is 20.3 Å². The predicted octanol–water partition coefficient (Wildman–Crippen LogP) is 4.06. The second-order valence-electron chi connectivity index (χ2n) is 5.11. The third kappa shape index (κ3) is 5.54. The molecule has 5 heteroatoms. The van der Waals surface area contributed by atoms with Crippen LogP contribution >= 0.6 is 27.3 Å². The largest absolute Gasteiger partial charge is 0.349 e. The summed E-state index contributed by atoms with van der Waals surface area (Å²) in [6.07, 6.45) is 2.14. The number of halogens is 1. The molecule has 0 radical (unpaired) electrons. The molecule has 1 aromatic rings. The van der Waals surface area contributed by atoms with Crippen LogP contribution in [-0.4, -0.2) is 36.5 Å². The van der Waals surface area contributed by atoms with Crippen LogP contribution in [0.5, 0.6) is 0 Å². The first-order valence-electron chi connectivity index (χ1n) is 7.27. The van der Waals surface area contributed by atoms with Crippen molar-refractivity contribution in [2.75, 3.05) is 19.6 Å². The lowest BCUT2D eigenvalue weighted by atomic mass is 10.1. The molecule has 3 nitrogen and oxygen atoms in total. The Morgan fingerprint density at radius 2 is 2.10 bits per heavy atom. The van der Waals surface area contributed by atoms with Gasteiger partial charge in [0.2, 0.25) is 0 Å². The number of nitrogens with one attached hydrogen (secondary N) is 1. The first kappa shape index (κ1) is 17.7. The van der Waals surface area contributed by atoms with Gasteiger partial charge in [-0.3, -0.25) is 4.79 Å². The first-order valence-corrected chi connectivity index (χ1v) is 8.88. The second-order valence-corrected chi connectivity index (χ2v) is 7.48. The van der Waals surface area contributed by atoms with Crippen LogP contribution in [0.2, 0.25) is 0 Å². The molecule has 1 N–H and O–H groups in total. The molecule has 20 heavy (non-hydrogen) atoms. The summed E-state index contributed by atoms with van der Waals surface area (Å²) in [5, 5.41) is 3.08. The van der Waals surface area contributed by atoms with Gasteiger partial charge < -0.3 is 10.2 Å². The molecule has 1 aromatic heterocycles. The number of amides is 1. The van der Waals surface area contributed by atoms with E-state index in [1.165, 1.54) is 11.3 Å². The van der Waals surface area contributed by atoms with Crippen molar-refractivity contribution >= 4 is 33.2 Å². The van der Waals surface area contributed by atoms with Gasteiger partial charge in [0.25, 0.3) is 5.91 Å². The van der Waals surface area contributed by atoms with E-state index in [2.05, 4.69) is 46.9 Å². The molecule has 0 fully saturated rings. The van der Waals surface area contributed by atoms with Crippen molar-refractivity contribution in [3.8, 4) is 0 Å². The Morgan fingerprint density at radius 3 is 2.60 bits per heavy atom. The zero-order chi connectivity index (χ0) is 15.1. The van der Waals surface area contributed by atoms with Gasteiger partial charge >= 0.3 is 0 Å². The van der Waals surface area contributed by atoms with E-state index in [0.717, 1.165) is 46.7 Å². The Kier molecular flexibility index (Phi) is 7.77. The Morgan fingerprint density at radius 1 is 1.45 bits per heavy atom. The van der Waals surface area contributed by atoms with Gasteiger partial charge in [-0.1, -0.05) is 13.8 Å². The van der Waals surface area contributed by atoms with Gasteiger partial charge in [-0.2, -0.15) is 0 Å². The Labute approximate surface area is 134 Å². The summed E-state index contributed by atoms with van der Waals surface area (Å²) < 4.78 is 1.04. The smallest absolute Gasteiger partial charge is 0.261 e. The monoisotopic (exact) mass is 360 g/mol. The van der Waals surface area contributed by atoms with E-state index in [9.17, 15) is 4.79 Å². The van der Waals surface area contributed by atoms with Crippen LogP contribution in [0.25, 0.3) is 0 Å². The van der Waals surface area contributed by atoms with Crippen LogP contribution in [0.4, 0.5) is 0 Å². The van der Waals surface area contributed by atoms with Crippen LogP contribution in [0, 0.1) is 6.92 Å². The Hall–Kier alpha value is -0.390. The maximum Gasteiger partial charge on any atom is 0.261 e. The van der Waals surface area contributed by atoms with Crippen molar-refractivity contribution in [2.24, 2.45) is 0 Å². The average molecular weight is 361 g/mol. The summed E-state index contributed by atoms with van der Waals surface area (Å²) in [6, 6.07) is 2.16. The van der Waals surface area contributed by atoms with E-state index in [4.69, 9.17) is 0 Å². The highest BCUT2D eigenvalue weighted by Crippen LogP contribution is 2.27. The Bertz CT molecular complexity index is 410. The number of nitrogens with zero attached hydrogens (tertiary/aromatic N) is 1. The highest BCUT2D eigenvalue weighted by atomic mass is 79.9. The van der Waals surface area contributed by atoms with Crippen molar-refractivity contribution in [1.29, 1.82) is 0 Å². The molecule has 0 aliphatic carbocycles. The Balaban J connectivity index is 2.35. The molecular formula is C15H25BrN2OS. The van der Waals surface area contributed by atoms with Gasteiger partial charge in [0.1, 0.15) is 0 Å². The molecule has 1 rings (SSSR count). The zero-order valence-electron chi connectivity index (χ0n) is 12.8. The van der Waals surface area contributed by atoms with E-state index < -0.39 is 0 Å². The molecule has 0 bridgehead atoms. The fourth-order valence-corrected chi connectivity index (χ4v) is 3.54. The van der Waals surface area contributed by atoms with Crippen molar-refractivity contribution in [3.63, 3.8) is 0 Å². The standard InChI is InChI=1S/C15H25BrN2OS/c1-5-18(6-2)9-7-8-12(4)17-15(19)13-10-11(3)14(16)20-13/h10,12H,5-9H2,1-4H3,(H,17,19). The van der Waals surface area contributed by atoms with Gasteiger partial charge in [0.15, 0.2) is 0 Å². The molecule has 114 valence electrons. The number of carbonyl (C=O) groups is 1. The minimum Gasteiger partial charge on any atom is -0.349 e. The van der Waals surface area contributed by atoms with Crippen LogP contribution in [0.1, 0.15) is 48.8 Å². The van der Waals surface area contributed by atoms with E-state index in [1.54, 1.807) is 0 Å². The van der Waals surface area contributed by atoms with Gasteiger partial charge in [0, 0.05) is 6.04 Å². The lowest BCUT2D eigenvalue weighted by molar-refractivity contribution is 0.0941. The number of hydrogen-bond acceptors (Lipinski definition) is 3. The minimum absolute atomic E-state index is 0.0409. The first-order chi connectivity index (χ1) is 9.47. The molecule has 0 aliphatic heterocycles. The van der Waals surface area contributed by atoms with Crippen molar-refractivity contribution in [1.82, 2.24) is 10.2 Å². The average Bonchev–Trinajstić information content (AvgIpc) is 2.75. The van der Waals surface area contributed by atoms with Crippen LogP contribution < -0.4 is 5.32 Å². The predicted molar refractivity (Wildman–Crippen MR) is 90.7 cm³/mol. The highest BCUT2D eigenvalue weighted by Gasteiger charge is 2.13. The van der Waals surface area contributed by atoms with E-state index >= 15 is 0 Å². The summed E-state index contributed by atoms with van der Waals surface area (Å²) in [7, 11) is 0. The van der Waals surface area contributed by atoms with Gasteiger partial charge in [-0.05, 0) is 73.9 Å². The SMILES string of the molecule is CCN(CC)CCCC(C)NC(=O)c1cc(C)c(Br)s1. The van der Waals surface area contributed by atoms with Crippen molar-refractivity contribution in [2.45, 2.75) is 46.6 Å². The topological polar surface area (TPSA) is 32.3 Å². The lowest BCUT2D eigenvalue weighted by Gasteiger charge is -2.19. The fourth-order valence-electron chi connectivity index (χ4n) is 2.10. The zero-order valence-corrected chi connectivity index (χ0v) is 15.2. The lowest BCUT2D eigenvalue weighted by Crippen LogP contribution is -2.33. The molecular weight excluding hydrogens is 336 g/mol. The second kappa shape index (κ2) is 8.80. The van der Waals surface area contributed by atoms with Crippen LogP contribution in [0.15, 0.2) is 9.85 Å². The quantitative estimate of drug-likeness (QED) is 0.757. The maximum absolute atomic E-state index is 12.1. The number of carbonyl (C=O) groups excluding carboxylic acids is 1. The normalized spacial score (nSPS) is 12.7. The summed E-state index contributed by atoms with van der Waals surface area (Å²) in [6.45, 7) is 11.8. The van der Waals surface area contributed by atoms with Crippen molar-refractivity contribution < 1.29 is 4.79 Å². The summed E-state index contributed by atoms with van der Waals surface area (Å²) in [5.74, 6) is 0.0409. The highest BCUT2D eigenvalue weighted by molar-refractivity contribution is 9.11. The fraction of sp³-hybridized carbons (Fsp3) is 0.667. The van der Waals surface area contributed by atoms with Gasteiger partial charge in [-0.15, -0.1) is 11.3 Å². The third-order valence-electron chi connectivity index (χ3n) is 3.46. The molecule has 0 aliphatic rings. The van der Waals surface area contributed by atoms with Crippen LogP contribution in [-0.2, 0) is 0 Å². The molecule has 1 unspecified atom stereocenters.